The molecule has 2 heteroatoms. The van der Waals surface area contributed by atoms with Crippen LogP contribution in [-0.2, 0) is 4.74 Å². The minimum absolute atomic E-state index is 0.373. The van der Waals surface area contributed by atoms with Gasteiger partial charge in [0.15, 0.2) is 0 Å². The summed E-state index contributed by atoms with van der Waals surface area (Å²) in [5.41, 5.74) is 0.373. The minimum atomic E-state index is 0.373. The molecule has 0 aromatic heterocycles. The summed E-state index contributed by atoms with van der Waals surface area (Å²) >= 11 is 0. The van der Waals surface area contributed by atoms with Crippen molar-refractivity contribution in [1.82, 2.24) is 5.32 Å². The number of hydrogen-bond donors (Lipinski definition) is 1. The van der Waals surface area contributed by atoms with Crippen LogP contribution in [0.1, 0.15) is 53.4 Å². The molecule has 1 rings (SSSR count). The molecule has 0 aromatic carbocycles. The van der Waals surface area contributed by atoms with Gasteiger partial charge in [-0.2, -0.15) is 0 Å². The largest absolute Gasteiger partial charge is 0.377 e. The zero-order chi connectivity index (χ0) is 12.0. The van der Waals surface area contributed by atoms with Crippen molar-refractivity contribution in [2.24, 2.45) is 11.3 Å². The van der Waals surface area contributed by atoms with E-state index in [1.54, 1.807) is 0 Å². The molecule has 16 heavy (non-hydrogen) atoms. The van der Waals surface area contributed by atoms with E-state index in [1.165, 1.54) is 25.7 Å². The third-order valence-electron chi connectivity index (χ3n) is 3.30. The summed E-state index contributed by atoms with van der Waals surface area (Å²) < 4.78 is 5.95. The molecule has 0 aromatic rings. The van der Waals surface area contributed by atoms with Crippen molar-refractivity contribution in [3.63, 3.8) is 0 Å². The zero-order valence-electron chi connectivity index (χ0n) is 11.5. The summed E-state index contributed by atoms with van der Waals surface area (Å²) in [4.78, 5) is 0. The van der Waals surface area contributed by atoms with E-state index < -0.39 is 0 Å². The Balaban J connectivity index is 2.02. The number of hydrogen-bond acceptors (Lipinski definition) is 2. The van der Waals surface area contributed by atoms with Crippen molar-refractivity contribution in [3.8, 4) is 0 Å². The Morgan fingerprint density at radius 2 is 1.88 bits per heavy atom. The Hall–Kier alpha value is -0.0800. The van der Waals surface area contributed by atoms with Crippen LogP contribution in [0.3, 0.4) is 0 Å². The smallest absolute Gasteiger partial charge is 0.0601 e. The fourth-order valence-corrected chi connectivity index (χ4v) is 2.28. The van der Waals surface area contributed by atoms with Gasteiger partial charge in [-0.25, -0.2) is 0 Å². The second-order valence-corrected chi connectivity index (χ2v) is 6.41. The molecule has 0 aliphatic heterocycles. The van der Waals surface area contributed by atoms with Crippen LogP contribution in [0.2, 0.25) is 0 Å². The second kappa shape index (κ2) is 6.61. The third-order valence-corrected chi connectivity index (χ3v) is 3.30. The highest BCUT2D eigenvalue weighted by atomic mass is 16.5. The first kappa shape index (κ1) is 14.0. The van der Waals surface area contributed by atoms with Gasteiger partial charge in [-0.05, 0) is 24.2 Å². The first-order chi connectivity index (χ1) is 7.49. The van der Waals surface area contributed by atoms with Crippen molar-refractivity contribution in [1.29, 1.82) is 0 Å². The molecule has 1 aliphatic carbocycles. The molecule has 2 atom stereocenters. The van der Waals surface area contributed by atoms with E-state index in [-0.39, 0.29) is 0 Å². The summed E-state index contributed by atoms with van der Waals surface area (Å²) in [6.07, 6.45) is 5.87. The van der Waals surface area contributed by atoms with E-state index in [4.69, 9.17) is 4.74 Å². The first-order valence-electron chi connectivity index (χ1n) is 6.81. The summed E-state index contributed by atoms with van der Waals surface area (Å²) in [5.74, 6) is 0.761. The highest BCUT2D eigenvalue weighted by Gasteiger charge is 2.21. The molecule has 1 saturated carbocycles. The first-order valence-corrected chi connectivity index (χ1v) is 6.81. The van der Waals surface area contributed by atoms with Gasteiger partial charge < -0.3 is 10.1 Å². The lowest BCUT2D eigenvalue weighted by Crippen LogP contribution is -2.32. The Bertz CT molecular complexity index is 186. The van der Waals surface area contributed by atoms with E-state index in [0.717, 1.165) is 25.6 Å². The van der Waals surface area contributed by atoms with Gasteiger partial charge in [0.2, 0.25) is 0 Å². The molecule has 1 aliphatic rings. The highest BCUT2D eigenvalue weighted by molar-refractivity contribution is 4.72. The Morgan fingerprint density at radius 1 is 1.19 bits per heavy atom. The van der Waals surface area contributed by atoms with Gasteiger partial charge in [0, 0.05) is 13.1 Å². The van der Waals surface area contributed by atoms with Crippen molar-refractivity contribution in [2.75, 3.05) is 19.7 Å². The average Bonchev–Trinajstić information content (AvgIpc) is 2.18. The quantitative estimate of drug-likeness (QED) is 0.728. The van der Waals surface area contributed by atoms with Crippen LogP contribution in [0.5, 0.6) is 0 Å². The maximum absolute atomic E-state index is 5.95. The Kier molecular flexibility index (Phi) is 5.77. The zero-order valence-corrected chi connectivity index (χ0v) is 11.5. The van der Waals surface area contributed by atoms with Crippen LogP contribution in [0.25, 0.3) is 0 Å². The lowest BCUT2D eigenvalue weighted by Gasteiger charge is -2.29. The van der Waals surface area contributed by atoms with E-state index in [9.17, 15) is 0 Å². The van der Waals surface area contributed by atoms with Crippen molar-refractivity contribution in [2.45, 2.75) is 59.5 Å². The summed E-state index contributed by atoms with van der Waals surface area (Å²) in [7, 11) is 0. The van der Waals surface area contributed by atoms with Crippen LogP contribution in [-0.4, -0.2) is 25.8 Å². The minimum Gasteiger partial charge on any atom is -0.377 e. The van der Waals surface area contributed by atoms with Gasteiger partial charge in [-0.1, -0.05) is 40.5 Å². The molecule has 0 bridgehead atoms. The topological polar surface area (TPSA) is 21.3 Å². The normalized spacial score (nSPS) is 27.0. The summed E-state index contributed by atoms with van der Waals surface area (Å²) in [6, 6.07) is 0. The van der Waals surface area contributed by atoms with E-state index in [2.05, 4.69) is 33.0 Å². The second-order valence-electron chi connectivity index (χ2n) is 6.41. The molecule has 0 amide bonds. The van der Waals surface area contributed by atoms with E-state index in [1.807, 2.05) is 0 Å². The van der Waals surface area contributed by atoms with Gasteiger partial charge >= 0.3 is 0 Å². The maximum atomic E-state index is 5.95. The fourth-order valence-electron chi connectivity index (χ4n) is 2.28. The Labute approximate surface area is 101 Å². The van der Waals surface area contributed by atoms with Crippen LogP contribution < -0.4 is 5.32 Å². The van der Waals surface area contributed by atoms with Gasteiger partial charge in [0.25, 0.3) is 0 Å². The fraction of sp³-hybridized carbons (Fsp3) is 1.00. The summed E-state index contributed by atoms with van der Waals surface area (Å²) in [5, 5.41) is 3.45. The molecular weight excluding hydrogens is 198 g/mol. The lowest BCUT2D eigenvalue weighted by molar-refractivity contribution is -0.00354. The van der Waals surface area contributed by atoms with Gasteiger partial charge in [0.1, 0.15) is 0 Å². The molecule has 2 unspecified atom stereocenters. The Morgan fingerprint density at radius 3 is 2.50 bits per heavy atom. The van der Waals surface area contributed by atoms with Crippen molar-refractivity contribution in [3.05, 3.63) is 0 Å². The van der Waals surface area contributed by atoms with Crippen LogP contribution >= 0.6 is 0 Å². The molecule has 1 N–H and O–H groups in total. The van der Waals surface area contributed by atoms with Crippen LogP contribution in [0.15, 0.2) is 0 Å². The number of ether oxygens (including phenoxy) is 1. The molecule has 0 heterocycles. The van der Waals surface area contributed by atoms with Gasteiger partial charge in [-0.15, -0.1) is 0 Å². The third kappa shape index (κ3) is 5.86. The van der Waals surface area contributed by atoms with Crippen molar-refractivity contribution >= 4 is 0 Å². The standard InChI is InChI=1S/C14H29NO/c1-12-7-5-6-8-13(12)16-10-9-15-11-14(2,3)4/h12-13,15H,5-11H2,1-4H3. The molecular formula is C14H29NO. The van der Waals surface area contributed by atoms with Gasteiger partial charge in [-0.3, -0.25) is 0 Å². The maximum Gasteiger partial charge on any atom is 0.0601 e. The molecule has 0 spiro atoms. The van der Waals surface area contributed by atoms with Crippen LogP contribution in [0, 0.1) is 11.3 Å². The molecule has 96 valence electrons. The lowest BCUT2D eigenvalue weighted by atomic mass is 9.88. The summed E-state index contributed by atoms with van der Waals surface area (Å²) in [6.45, 7) is 12.0. The molecule has 0 saturated heterocycles. The van der Waals surface area contributed by atoms with Gasteiger partial charge in [0.05, 0.1) is 12.7 Å². The van der Waals surface area contributed by atoms with E-state index >= 15 is 0 Å². The predicted octanol–water partition coefficient (Wildman–Crippen LogP) is 3.22. The van der Waals surface area contributed by atoms with Crippen LogP contribution in [0.4, 0.5) is 0 Å². The van der Waals surface area contributed by atoms with E-state index in [0.29, 0.717) is 11.5 Å². The molecule has 2 nitrogen and oxygen atoms in total. The average molecular weight is 227 g/mol. The van der Waals surface area contributed by atoms with Crippen molar-refractivity contribution < 1.29 is 4.74 Å². The number of nitrogens with one attached hydrogen (secondary N) is 1. The molecule has 1 fully saturated rings. The number of rotatable bonds is 5. The monoisotopic (exact) mass is 227 g/mol. The highest BCUT2D eigenvalue weighted by Crippen LogP contribution is 2.25. The predicted molar refractivity (Wildman–Crippen MR) is 69.7 cm³/mol. The molecule has 0 radical (unpaired) electrons. The SMILES string of the molecule is CC1CCCCC1OCCNCC(C)(C)C.